The smallest absolute Gasteiger partial charge is 0.166 e. The molecule has 0 spiro atoms. The maximum absolute atomic E-state index is 13.6. The molecule has 0 N–H and O–H groups in total. The second-order valence-electron chi connectivity index (χ2n) is 5.74. The summed E-state index contributed by atoms with van der Waals surface area (Å²) in [6.07, 6.45) is -2.55. The van der Waals surface area contributed by atoms with Crippen LogP contribution in [0.4, 0.5) is 13.2 Å². The highest BCUT2D eigenvalue weighted by molar-refractivity contribution is 6.07. The summed E-state index contributed by atoms with van der Waals surface area (Å²) in [7, 11) is 0. The van der Waals surface area contributed by atoms with Crippen LogP contribution >= 0.6 is 0 Å². The van der Waals surface area contributed by atoms with Crippen molar-refractivity contribution in [3.63, 3.8) is 0 Å². The van der Waals surface area contributed by atoms with Gasteiger partial charge < -0.3 is 0 Å². The Morgan fingerprint density at radius 2 is 1.25 bits per heavy atom. The number of benzene rings is 3. The van der Waals surface area contributed by atoms with Crippen LogP contribution in [0.3, 0.4) is 0 Å². The fourth-order valence-electron chi connectivity index (χ4n) is 3.26. The van der Waals surface area contributed by atoms with Crippen molar-refractivity contribution in [3.05, 3.63) is 95.1 Å². The second-order valence-corrected chi connectivity index (χ2v) is 5.74. The van der Waals surface area contributed by atoms with Gasteiger partial charge in [0.2, 0.25) is 0 Å². The van der Waals surface area contributed by atoms with Gasteiger partial charge in [0, 0.05) is 5.56 Å². The number of hydrogen-bond acceptors (Lipinski definition) is 0. The zero-order chi connectivity index (χ0) is 16.7. The predicted molar refractivity (Wildman–Crippen MR) is 90.3 cm³/mol. The molecular weight excluding hydrogens is 309 g/mol. The van der Waals surface area contributed by atoms with Crippen LogP contribution in [0.2, 0.25) is 0 Å². The average Bonchev–Trinajstić information content (AvgIpc) is 2.89. The van der Waals surface area contributed by atoms with E-state index >= 15 is 0 Å². The molecule has 0 amide bonds. The topological polar surface area (TPSA) is 0 Å². The molecule has 0 heterocycles. The zero-order valence-electron chi connectivity index (χ0n) is 12.6. The van der Waals surface area contributed by atoms with Gasteiger partial charge in [-0.1, -0.05) is 66.7 Å². The van der Waals surface area contributed by atoms with E-state index in [1.54, 1.807) is 6.07 Å². The van der Waals surface area contributed by atoms with E-state index in [9.17, 15) is 13.2 Å². The van der Waals surface area contributed by atoms with Crippen LogP contribution in [0.25, 0.3) is 22.8 Å². The van der Waals surface area contributed by atoms with Crippen LogP contribution < -0.4 is 0 Å². The summed E-state index contributed by atoms with van der Waals surface area (Å²) in [5, 5.41) is 0. The van der Waals surface area contributed by atoms with E-state index < -0.39 is 11.7 Å². The Hall–Kier alpha value is -2.81. The maximum Gasteiger partial charge on any atom is 0.417 e. The van der Waals surface area contributed by atoms with Gasteiger partial charge in [0.25, 0.3) is 0 Å². The molecule has 1 aliphatic rings. The SMILES string of the molecule is FC(F)(F)c1cccc2c1/C(=C/c1ccccc1)c1ccccc1-2. The number of halogens is 3. The highest BCUT2D eigenvalue weighted by Crippen LogP contribution is 2.49. The van der Waals surface area contributed by atoms with Gasteiger partial charge in [-0.15, -0.1) is 0 Å². The first-order chi connectivity index (χ1) is 11.6. The van der Waals surface area contributed by atoms with Gasteiger partial charge in [-0.25, -0.2) is 0 Å². The minimum Gasteiger partial charge on any atom is -0.166 e. The molecular formula is C21H13F3. The lowest BCUT2D eigenvalue weighted by atomic mass is 9.96. The third-order valence-electron chi connectivity index (χ3n) is 4.26. The summed E-state index contributed by atoms with van der Waals surface area (Å²) in [6, 6.07) is 21.3. The molecule has 1 aliphatic carbocycles. The molecule has 0 aromatic heterocycles. The van der Waals surface area contributed by atoms with E-state index in [0.717, 1.165) is 22.8 Å². The Morgan fingerprint density at radius 1 is 0.625 bits per heavy atom. The monoisotopic (exact) mass is 322 g/mol. The molecule has 0 nitrogen and oxygen atoms in total. The Balaban J connectivity index is 2.04. The van der Waals surface area contributed by atoms with E-state index in [0.29, 0.717) is 11.1 Å². The molecule has 0 fully saturated rings. The van der Waals surface area contributed by atoms with Crippen molar-refractivity contribution in [2.24, 2.45) is 0 Å². The molecule has 0 saturated carbocycles. The van der Waals surface area contributed by atoms with Crippen LogP contribution in [0.5, 0.6) is 0 Å². The lowest BCUT2D eigenvalue weighted by Gasteiger charge is -2.13. The Morgan fingerprint density at radius 3 is 1.96 bits per heavy atom. The summed E-state index contributed by atoms with van der Waals surface area (Å²) in [5.41, 5.74) is 3.52. The third kappa shape index (κ3) is 2.33. The van der Waals surface area contributed by atoms with Crippen LogP contribution in [-0.4, -0.2) is 0 Å². The lowest BCUT2D eigenvalue weighted by molar-refractivity contribution is -0.137. The van der Waals surface area contributed by atoms with Crippen LogP contribution in [-0.2, 0) is 6.18 Å². The van der Waals surface area contributed by atoms with Gasteiger partial charge in [0.1, 0.15) is 0 Å². The summed E-state index contributed by atoms with van der Waals surface area (Å²) in [5.74, 6) is 0. The van der Waals surface area contributed by atoms with E-state index in [2.05, 4.69) is 0 Å². The highest BCUT2D eigenvalue weighted by atomic mass is 19.4. The summed E-state index contributed by atoms with van der Waals surface area (Å²) >= 11 is 0. The van der Waals surface area contributed by atoms with Crippen LogP contribution in [0.15, 0.2) is 72.8 Å². The van der Waals surface area contributed by atoms with Crippen molar-refractivity contribution in [2.45, 2.75) is 6.18 Å². The van der Waals surface area contributed by atoms with E-state index in [4.69, 9.17) is 0 Å². The molecule has 118 valence electrons. The fourth-order valence-corrected chi connectivity index (χ4v) is 3.26. The van der Waals surface area contributed by atoms with E-state index in [1.807, 2.05) is 60.7 Å². The molecule has 0 radical (unpaired) electrons. The number of hydrogen-bond donors (Lipinski definition) is 0. The van der Waals surface area contributed by atoms with Crippen LogP contribution in [0, 0.1) is 0 Å². The van der Waals surface area contributed by atoms with Gasteiger partial charge >= 0.3 is 6.18 Å². The average molecular weight is 322 g/mol. The van der Waals surface area contributed by atoms with Crippen molar-refractivity contribution in [1.29, 1.82) is 0 Å². The molecule has 3 aromatic carbocycles. The van der Waals surface area contributed by atoms with E-state index in [1.165, 1.54) is 6.07 Å². The van der Waals surface area contributed by atoms with Gasteiger partial charge in [-0.3, -0.25) is 0 Å². The normalized spacial score (nSPS) is 14.5. The Kier molecular flexibility index (Phi) is 3.31. The summed E-state index contributed by atoms with van der Waals surface area (Å²) in [6.45, 7) is 0. The Bertz CT molecular complexity index is 935. The molecule has 4 rings (SSSR count). The van der Waals surface area contributed by atoms with Crippen molar-refractivity contribution in [2.75, 3.05) is 0 Å². The van der Waals surface area contributed by atoms with Gasteiger partial charge in [-0.2, -0.15) is 13.2 Å². The Labute approximate surface area is 137 Å². The predicted octanol–water partition coefficient (Wildman–Crippen LogP) is 6.27. The number of fused-ring (bicyclic) bond motifs is 3. The standard InChI is InChI=1S/C21H13F3/c22-21(23,24)19-12-6-11-17-15-9-4-5-10-16(15)18(20(17)19)13-14-7-2-1-3-8-14/h1-13H/b18-13+. The van der Waals surface area contributed by atoms with E-state index in [-0.39, 0.29) is 5.56 Å². The number of alkyl halides is 3. The lowest BCUT2D eigenvalue weighted by Crippen LogP contribution is -2.08. The fraction of sp³-hybridized carbons (Fsp3) is 0.0476. The van der Waals surface area contributed by atoms with Crippen molar-refractivity contribution in [1.82, 2.24) is 0 Å². The molecule has 24 heavy (non-hydrogen) atoms. The molecule has 0 bridgehead atoms. The molecule has 0 aliphatic heterocycles. The van der Waals surface area contributed by atoms with Gasteiger partial charge in [-0.05, 0) is 40.0 Å². The van der Waals surface area contributed by atoms with Crippen molar-refractivity contribution < 1.29 is 13.2 Å². The van der Waals surface area contributed by atoms with Crippen LogP contribution in [0.1, 0.15) is 22.3 Å². The minimum atomic E-state index is -4.39. The zero-order valence-corrected chi connectivity index (χ0v) is 12.6. The molecule has 3 aromatic rings. The first-order valence-corrected chi connectivity index (χ1v) is 7.63. The van der Waals surface area contributed by atoms with Gasteiger partial charge in [0.05, 0.1) is 5.56 Å². The highest BCUT2D eigenvalue weighted by Gasteiger charge is 2.38. The third-order valence-corrected chi connectivity index (χ3v) is 4.26. The minimum absolute atomic E-state index is 0.273. The quantitative estimate of drug-likeness (QED) is 0.387. The number of rotatable bonds is 1. The molecule has 0 unspecified atom stereocenters. The molecule has 0 saturated heterocycles. The largest absolute Gasteiger partial charge is 0.417 e. The molecule has 0 atom stereocenters. The van der Waals surface area contributed by atoms with Crippen molar-refractivity contribution in [3.8, 4) is 11.1 Å². The molecule has 3 heteroatoms. The van der Waals surface area contributed by atoms with Gasteiger partial charge in [0.15, 0.2) is 0 Å². The first kappa shape index (κ1) is 14.8. The van der Waals surface area contributed by atoms with Crippen molar-refractivity contribution >= 4 is 11.6 Å². The maximum atomic E-state index is 13.6. The first-order valence-electron chi connectivity index (χ1n) is 7.63. The second kappa shape index (κ2) is 5.38. The summed E-state index contributed by atoms with van der Waals surface area (Å²) < 4.78 is 40.7. The summed E-state index contributed by atoms with van der Waals surface area (Å²) in [4.78, 5) is 0.